The number of allylic oxidation sites excluding steroid dienone is 1. The van der Waals surface area contributed by atoms with Gasteiger partial charge in [0, 0.05) is 0 Å². The highest BCUT2D eigenvalue weighted by Crippen LogP contribution is 2.59. The number of aliphatic carboxylic acids is 1. The second kappa shape index (κ2) is 4.94. The molecule has 1 aliphatic rings. The number of carbonyl (C=O) groups is 1. The summed E-state index contributed by atoms with van der Waals surface area (Å²) in [7, 11) is 0. The molecule has 0 aromatic heterocycles. The minimum Gasteiger partial charge on any atom is -0.481 e. The molecule has 0 aromatic carbocycles. The van der Waals surface area contributed by atoms with Crippen molar-refractivity contribution in [2.24, 2.45) is 17.3 Å². The van der Waals surface area contributed by atoms with Crippen molar-refractivity contribution < 1.29 is 41.0 Å². The van der Waals surface area contributed by atoms with Crippen molar-refractivity contribution >= 4 is 5.97 Å². The van der Waals surface area contributed by atoms with E-state index >= 15 is 0 Å². The highest BCUT2D eigenvalue weighted by Gasteiger charge is 2.62. The number of carboxylic acid groups (broad SMARTS) is 1. The smallest absolute Gasteiger partial charge is 0.412 e. The molecule has 20 heavy (non-hydrogen) atoms. The fraction of sp³-hybridized carbons (Fsp3) is 0.727. The topological polar surface area (TPSA) is 46.5 Å². The van der Waals surface area contributed by atoms with Crippen LogP contribution in [0.1, 0.15) is 13.8 Å². The number of halogens is 6. The van der Waals surface area contributed by atoms with Crippen LogP contribution in [0.5, 0.6) is 0 Å². The Bertz CT molecular complexity index is 426. The first-order valence-corrected chi connectivity index (χ1v) is 5.48. The van der Waals surface area contributed by atoms with Crippen molar-refractivity contribution in [1.29, 1.82) is 0 Å². The van der Waals surface area contributed by atoms with Gasteiger partial charge in [-0.1, -0.05) is 13.8 Å². The Morgan fingerprint density at radius 1 is 1.30 bits per heavy atom. The van der Waals surface area contributed by atoms with Gasteiger partial charge in [-0.15, -0.1) is 0 Å². The molecule has 9 heteroatoms. The highest BCUT2D eigenvalue weighted by atomic mass is 19.4. The van der Waals surface area contributed by atoms with Crippen molar-refractivity contribution in [3.63, 3.8) is 0 Å². The Hall–Kier alpha value is -1.25. The maximum Gasteiger partial charge on any atom is 0.412 e. The molecule has 116 valence electrons. The summed E-state index contributed by atoms with van der Waals surface area (Å²) in [4.78, 5) is 10.8. The standard InChI is InChI=1S/C11H12F6O3/c1-9(2)5(7(9)8(18)19)3-6(12)11(16,17)20-4-10(13,14)15/h3,5,7H,4H2,1-2H3,(H,18,19). The number of alkyl halides is 5. The summed E-state index contributed by atoms with van der Waals surface area (Å²) in [6.07, 6.45) is -9.45. The monoisotopic (exact) mass is 306 g/mol. The number of carboxylic acids is 1. The summed E-state index contributed by atoms with van der Waals surface area (Å²) < 4.78 is 77.7. The van der Waals surface area contributed by atoms with E-state index < -0.39 is 47.9 Å². The molecule has 0 aliphatic heterocycles. The first-order valence-electron chi connectivity index (χ1n) is 5.48. The van der Waals surface area contributed by atoms with Crippen molar-refractivity contribution in [3.05, 3.63) is 11.9 Å². The molecule has 0 spiro atoms. The Morgan fingerprint density at radius 3 is 2.15 bits per heavy atom. The van der Waals surface area contributed by atoms with Crippen molar-refractivity contribution in [1.82, 2.24) is 0 Å². The second-order valence-electron chi connectivity index (χ2n) is 5.10. The quantitative estimate of drug-likeness (QED) is 0.792. The molecule has 0 heterocycles. The maximum absolute atomic E-state index is 13.3. The third kappa shape index (κ3) is 3.65. The molecule has 1 aliphatic carbocycles. The van der Waals surface area contributed by atoms with E-state index in [-0.39, 0.29) is 0 Å². The maximum atomic E-state index is 13.3. The van der Waals surface area contributed by atoms with Crippen LogP contribution in [0.4, 0.5) is 26.3 Å². The molecular formula is C11H12F6O3. The van der Waals surface area contributed by atoms with Crippen LogP contribution < -0.4 is 0 Å². The van der Waals surface area contributed by atoms with E-state index in [0.29, 0.717) is 6.08 Å². The Kier molecular flexibility index (Phi) is 4.15. The molecular weight excluding hydrogens is 294 g/mol. The molecule has 0 amide bonds. The van der Waals surface area contributed by atoms with Gasteiger partial charge in [0.2, 0.25) is 0 Å². The molecule has 1 saturated carbocycles. The zero-order valence-electron chi connectivity index (χ0n) is 10.5. The zero-order valence-corrected chi connectivity index (χ0v) is 10.5. The summed E-state index contributed by atoms with van der Waals surface area (Å²) in [6.45, 7) is 0.543. The molecule has 2 unspecified atom stereocenters. The van der Waals surface area contributed by atoms with Crippen LogP contribution in [0.15, 0.2) is 11.9 Å². The van der Waals surface area contributed by atoms with E-state index in [9.17, 15) is 31.1 Å². The normalized spacial score (nSPS) is 26.5. The van der Waals surface area contributed by atoms with Gasteiger partial charge in [-0.05, 0) is 17.4 Å². The van der Waals surface area contributed by atoms with Crippen LogP contribution >= 0.6 is 0 Å². The van der Waals surface area contributed by atoms with E-state index in [2.05, 4.69) is 4.74 Å². The minimum atomic E-state index is -5.02. The van der Waals surface area contributed by atoms with Gasteiger partial charge in [-0.25, -0.2) is 4.39 Å². The van der Waals surface area contributed by atoms with Crippen molar-refractivity contribution in [3.8, 4) is 0 Å². The van der Waals surface area contributed by atoms with Gasteiger partial charge in [-0.3, -0.25) is 4.79 Å². The van der Waals surface area contributed by atoms with Crippen molar-refractivity contribution in [2.75, 3.05) is 6.61 Å². The van der Waals surface area contributed by atoms with Gasteiger partial charge >= 0.3 is 18.3 Å². The summed E-state index contributed by atoms with van der Waals surface area (Å²) in [5.74, 6) is -5.60. The van der Waals surface area contributed by atoms with Crippen LogP contribution in [0.25, 0.3) is 0 Å². The first-order chi connectivity index (χ1) is 8.79. The van der Waals surface area contributed by atoms with Crippen LogP contribution in [-0.4, -0.2) is 30.0 Å². The minimum absolute atomic E-state index is 0.315. The van der Waals surface area contributed by atoms with Gasteiger partial charge < -0.3 is 9.84 Å². The lowest BCUT2D eigenvalue weighted by Gasteiger charge is -2.16. The number of rotatable bonds is 5. The molecule has 0 radical (unpaired) electrons. The first kappa shape index (κ1) is 16.8. The second-order valence-corrected chi connectivity index (χ2v) is 5.10. The van der Waals surface area contributed by atoms with E-state index in [0.717, 1.165) is 0 Å². The van der Waals surface area contributed by atoms with Crippen molar-refractivity contribution in [2.45, 2.75) is 26.1 Å². The van der Waals surface area contributed by atoms with Gasteiger partial charge in [0.25, 0.3) is 0 Å². The summed E-state index contributed by atoms with van der Waals surface area (Å²) >= 11 is 0. The van der Waals surface area contributed by atoms with E-state index in [1.54, 1.807) is 0 Å². The summed E-state index contributed by atoms with van der Waals surface area (Å²) in [5, 5.41) is 8.77. The summed E-state index contributed by atoms with van der Waals surface area (Å²) in [6, 6.07) is 0. The SMILES string of the molecule is CC1(C)C(C=C(F)C(F)(F)OCC(F)(F)F)C1C(=O)O. The van der Waals surface area contributed by atoms with Crippen LogP contribution in [0.3, 0.4) is 0 Å². The largest absolute Gasteiger partial charge is 0.481 e. The average Bonchev–Trinajstić information content (AvgIpc) is 2.77. The third-order valence-electron chi connectivity index (χ3n) is 3.20. The highest BCUT2D eigenvalue weighted by molar-refractivity contribution is 5.76. The lowest BCUT2D eigenvalue weighted by atomic mass is 10.1. The number of hydrogen-bond donors (Lipinski definition) is 1. The lowest BCUT2D eigenvalue weighted by Crippen LogP contribution is -2.29. The molecule has 2 atom stereocenters. The van der Waals surface area contributed by atoms with Gasteiger partial charge in [0.05, 0.1) is 5.92 Å². The van der Waals surface area contributed by atoms with Gasteiger partial charge in [0.1, 0.15) is 6.61 Å². The molecule has 0 aromatic rings. The fourth-order valence-corrected chi connectivity index (χ4v) is 1.96. The van der Waals surface area contributed by atoms with Crippen LogP contribution in [0.2, 0.25) is 0 Å². The van der Waals surface area contributed by atoms with E-state index in [1.165, 1.54) is 13.8 Å². The van der Waals surface area contributed by atoms with E-state index in [1.807, 2.05) is 0 Å². The molecule has 1 rings (SSSR count). The lowest BCUT2D eigenvalue weighted by molar-refractivity contribution is -0.276. The van der Waals surface area contributed by atoms with Gasteiger partial charge in [-0.2, -0.15) is 22.0 Å². The Labute approximate surface area is 110 Å². The molecule has 0 bridgehead atoms. The number of ether oxygens (including phenoxy) is 1. The third-order valence-corrected chi connectivity index (χ3v) is 3.20. The van der Waals surface area contributed by atoms with Crippen LogP contribution in [0, 0.1) is 17.3 Å². The predicted molar refractivity (Wildman–Crippen MR) is 54.5 cm³/mol. The molecule has 1 fully saturated rings. The summed E-state index contributed by atoms with van der Waals surface area (Å²) in [5.41, 5.74) is -0.941. The number of hydrogen-bond acceptors (Lipinski definition) is 2. The molecule has 1 N–H and O–H groups in total. The van der Waals surface area contributed by atoms with E-state index in [4.69, 9.17) is 5.11 Å². The fourth-order valence-electron chi connectivity index (χ4n) is 1.96. The molecule has 3 nitrogen and oxygen atoms in total. The average molecular weight is 306 g/mol. The zero-order chi connectivity index (χ0) is 15.9. The Morgan fingerprint density at radius 2 is 1.80 bits per heavy atom. The predicted octanol–water partition coefficient (Wildman–Crippen LogP) is 3.37. The Balaban J connectivity index is 2.76. The molecule has 0 saturated heterocycles. The van der Waals surface area contributed by atoms with Crippen LogP contribution in [-0.2, 0) is 9.53 Å². The van der Waals surface area contributed by atoms with Gasteiger partial charge in [0.15, 0.2) is 5.83 Å².